The van der Waals surface area contributed by atoms with Crippen LogP contribution in [0.2, 0.25) is 0 Å². The largest absolute Gasteiger partial charge is 0.468 e. The van der Waals surface area contributed by atoms with E-state index in [1.807, 2.05) is 11.6 Å². The first-order valence-corrected chi connectivity index (χ1v) is 7.69. The molecule has 5 nitrogen and oxygen atoms in total. The van der Waals surface area contributed by atoms with Crippen molar-refractivity contribution in [3.05, 3.63) is 17.0 Å². The Kier molecular flexibility index (Phi) is 6.40. The normalized spacial score (nSPS) is 14.3. The van der Waals surface area contributed by atoms with Crippen molar-refractivity contribution in [3.63, 3.8) is 0 Å². The average Bonchev–Trinajstić information content (AvgIpc) is 2.71. The number of carbonyl (C=O) groups excluding carboxylic acids is 1. The lowest BCUT2D eigenvalue weighted by Crippen LogP contribution is -2.40. The van der Waals surface area contributed by atoms with Crippen LogP contribution in [0.3, 0.4) is 0 Å². The fourth-order valence-corrected chi connectivity index (χ4v) is 2.88. The summed E-state index contributed by atoms with van der Waals surface area (Å²) in [6, 6.07) is -0.220. The predicted octanol–water partition coefficient (Wildman–Crippen LogP) is 2.76. The van der Waals surface area contributed by atoms with Gasteiger partial charge in [-0.05, 0) is 40.0 Å². The Bertz CT molecular complexity index is 480. The van der Waals surface area contributed by atoms with Crippen LogP contribution >= 0.6 is 0 Å². The second kappa shape index (κ2) is 7.59. The van der Waals surface area contributed by atoms with Crippen molar-refractivity contribution in [1.82, 2.24) is 15.1 Å². The molecule has 5 heteroatoms. The summed E-state index contributed by atoms with van der Waals surface area (Å²) in [5, 5.41) is 7.95. The van der Waals surface area contributed by atoms with Crippen molar-refractivity contribution in [3.8, 4) is 0 Å². The SMILES string of the molecule is CCn1nc(C)c(C(C)NC(CC(C)C)C(=O)OC)c1C. The zero-order chi connectivity index (χ0) is 16.2. The quantitative estimate of drug-likeness (QED) is 0.786. The zero-order valence-electron chi connectivity index (χ0n) is 14.4. The maximum Gasteiger partial charge on any atom is 0.322 e. The van der Waals surface area contributed by atoms with Crippen LogP contribution in [-0.2, 0) is 16.1 Å². The second-order valence-corrected chi connectivity index (χ2v) is 5.99. The van der Waals surface area contributed by atoms with Crippen LogP contribution in [0.15, 0.2) is 0 Å². The minimum Gasteiger partial charge on any atom is -0.468 e. The van der Waals surface area contributed by atoms with Crippen molar-refractivity contribution in [2.75, 3.05) is 7.11 Å². The van der Waals surface area contributed by atoms with E-state index >= 15 is 0 Å². The molecule has 0 aromatic carbocycles. The summed E-state index contributed by atoms with van der Waals surface area (Å²) in [5.74, 6) is 0.225. The van der Waals surface area contributed by atoms with Crippen molar-refractivity contribution in [2.45, 2.75) is 66.6 Å². The van der Waals surface area contributed by atoms with Crippen LogP contribution in [0.4, 0.5) is 0 Å². The fraction of sp³-hybridized carbons (Fsp3) is 0.750. The molecule has 0 saturated carbocycles. The highest BCUT2D eigenvalue weighted by atomic mass is 16.5. The Morgan fingerprint density at radius 2 is 1.95 bits per heavy atom. The summed E-state index contributed by atoms with van der Waals surface area (Å²) >= 11 is 0. The monoisotopic (exact) mass is 295 g/mol. The van der Waals surface area contributed by atoms with Gasteiger partial charge in [-0.25, -0.2) is 0 Å². The van der Waals surface area contributed by atoms with E-state index in [2.05, 4.69) is 45.0 Å². The number of aryl methyl sites for hydroxylation is 2. The van der Waals surface area contributed by atoms with Crippen LogP contribution in [0.1, 0.15) is 57.1 Å². The van der Waals surface area contributed by atoms with Gasteiger partial charge in [-0.3, -0.25) is 14.8 Å². The summed E-state index contributed by atoms with van der Waals surface area (Å²) < 4.78 is 6.91. The first-order valence-electron chi connectivity index (χ1n) is 7.69. The number of methoxy groups -OCH3 is 1. The van der Waals surface area contributed by atoms with Gasteiger partial charge in [0.15, 0.2) is 0 Å². The smallest absolute Gasteiger partial charge is 0.322 e. The van der Waals surface area contributed by atoms with Gasteiger partial charge in [0.1, 0.15) is 6.04 Å². The minimum atomic E-state index is -0.284. The minimum absolute atomic E-state index is 0.0631. The molecule has 1 N–H and O–H groups in total. The van der Waals surface area contributed by atoms with Gasteiger partial charge >= 0.3 is 5.97 Å². The van der Waals surface area contributed by atoms with Gasteiger partial charge in [-0.15, -0.1) is 0 Å². The number of ether oxygens (including phenoxy) is 1. The Balaban J connectivity index is 2.93. The Hall–Kier alpha value is -1.36. The summed E-state index contributed by atoms with van der Waals surface area (Å²) in [4.78, 5) is 11.9. The maximum atomic E-state index is 11.9. The van der Waals surface area contributed by atoms with E-state index in [0.29, 0.717) is 5.92 Å². The molecule has 2 atom stereocenters. The molecule has 1 aromatic heterocycles. The Morgan fingerprint density at radius 1 is 1.33 bits per heavy atom. The molecule has 0 aliphatic rings. The molecule has 0 bridgehead atoms. The molecule has 120 valence electrons. The molecule has 21 heavy (non-hydrogen) atoms. The number of esters is 1. The van der Waals surface area contributed by atoms with Crippen molar-refractivity contribution in [2.24, 2.45) is 5.92 Å². The highest BCUT2D eigenvalue weighted by Crippen LogP contribution is 2.23. The lowest BCUT2D eigenvalue weighted by atomic mass is 10.0. The predicted molar refractivity (Wildman–Crippen MR) is 84.2 cm³/mol. The summed E-state index contributed by atoms with van der Waals surface area (Å²) in [6.45, 7) is 13.3. The third-order valence-electron chi connectivity index (χ3n) is 3.81. The van der Waals surface area contributed by atoms with E-state index in [-0.39, 0.29) is 18.1 Å². The number of hydrogen-bond donors (Lipinski definition) is 1. The number of rotatable bonds is 7. The molecule has 0 amide bonds. The van der Waals surface area contributed by atoms with Gasteiger partial charge in [-0.1, -0.05) is 13.8 Å². The van der Waals surface area contributed by atoms with Gasteiger partial charge in [0.25, 0.3) is 0 Å². The lowest BCUT2D eigenvalue weighted by Gasteiger charge is -2.23. The maximum absolute atomic E-state index is 11.9. The van der Waals surface area contributed by atoms with Gasteiger partial charge in [0, 0.05) is 23.8 Å². The number of nitrogens with one attached hydrogen (secondary N) is 1. The summed E-state index contributed by atoms with van der Waals surface area (Å²) in [5.41, 5.74) is 3.35. The first-order chi connectivity index (χ1) is 9.81. The Labute approximate surface area is 128 Å². The average molecular weight is 295 g/mol. The highest BCUT2D eigenvalue weighted by molar-refractivity contribution is 5.75. The number of nitrogens with zero attached hydrogens (tertiary/aromatic N) is 2. The zero-order valence-corrected chi connectivity index (χ0v) is 14.4. The molecule has 0 aliphatic carbocycles. The molecule has 0 radical (unpaired) electrons. The highest BCUT2D eigenvalue weighted by Gasteiger charge is 2.25. The molecule has 2 unspecified atom stereocenters. The van der Waals surface area contributed by atoms with Crippen molar-refractivity contribution < 1.29 is 9.53 Å². The number of carbonyl (C=O) groups is 1. The second-order valence-electron chi connectivity index (χ2n) is 5.99. The van der Waals surface area contributed by atoms with E-state index in [4.69, 9.17) is 4.74 Å². The molecular formula is C16H29N3O2. The molecule has 0 saturated heterocycles. The van der Waals surface area contributed by atoms with E-state index in [0.717, 1.165) is 24.4 Å². The summed E-state index contributed by atoms with van der Waals surface area (Å²) in [7, 11) is 1.44. The van der Waals surface area contributed by atoms with Crippen LogP contribution in [0.5, 0.6) is 0 Å². The molecule has 1 rings (SSSR count). The van der Waals surface area contributed by atoms with E-state index < -0.39 is 0 Å². The molecular weight excluding hydrogens is 266 g/mol. The van der Waals surface area contributed by atoms with Crippen LogP contribution in [0.25, 0.3) is 0 Å². The first kappa shape index (κ1) is 17.7. The molecule has 0 aliphatic heterocycles. The summed E-state index contributed by atoms with van der Waals surface area (Å²) in [6.07, 6.45) is 0.761. The topological polar surface area (TPSA) is 56.2 Å². The van der Waals surface area contributed by atoms with Crippen molar-refractivity contribution >= 4 is 5.97 Å². The lowest BCUT2D eigenvalue weighted by molar-refractivity contribution is -0.143. The number of aromatic nitrogens is 2. The van der Waals surface area contributed by atoms with Gasteiger partial charge in [-0.2, -0.15) is 5.10 Å². The third kappa shape index (κ3) is 4.30. The standard InChI is InChI=1S/C16H29N3O2/c1-8-19-13(6)15(12(5)18-19)11(4)17-14(9-10(2)3)16(20)21-7/h10-11,14,17H,8-9H2,1-7H3. The van der Waals surface area contributed by atoms with E-state index in [9.17, 15) is 4.79 Å². The van der Waals surface area contributed by atoms with Crippen LogP contribution in [0, 0.1) is 19.8 Å². The number of hydrogen-bond acceptors (Lipinski definition) is 4. The van der Waals surface area contributed by atoms with Gasteiger partial charge < -0.3 is 4.74 Å². The van der Waals surface area contributed by atoms with Crippen LogP contribution in [-0.4, -0.2) is 28.9 Å². The van der Waals surface area contributed by atoms with E-state index in [1.54, 1.807) is 0 Å². The van der Waals surface area contributed by atoms with Gasteiger partial charge in [0.05, 0.1) is 12.8 Å². The molecule has 0 spiro atoms. The Morgan fingerprint density at radius 3 is 2.38 bits per heavy atom. The van der Waals surface area contributed by atoms with Crippen molar-refractivity contribution in [1.29, 1.82) is 0 Å². The van der Waals surface area contributed by atoms with Gasteiger partial charge in [0.2, 0.25) is 0 Å². The van der Waals surface area contributed by atoms with Crippen LogP contribution < -0.4 is 5.32 Å². The molecule has 0 fully saturated rings. The molecule has 1 heterocycles. The third-order valence-corrected chi connectivity index (χ3v) is 3.81. The fourth-order valence-electron chi connectivity index (χ4n) is 2.88. The molecule has 1 aromatic rings. The van der Waals surface area contributed by atoms with E-state index in [1.165, 1.54) is 12.7 Å².